The van der Waals surface area contributed by atoms with E-state index in [1.807, 2.05) is 0 Å². The maximum absolute atomic E-state index is 10.4. The average Bonchev–Trinajstić information content (AvgIpc) is 1.96. The van der Waals surface area contributed by atoms with E-state index in [4.69, 9.17) is 16.7 Å². The number of carbonyl (C=O) groups is 1. The molecule has 0 bridgehead atoms. The van der Waals surface area contributed by atoms with Gasteiger partial charge in [-0.05, 0) is 0 Å². The second kappa shape index (κ2) is 3.40. The SMILES string of the molecule is CC(=O)Oc1cc(O)c(Cl)cn1. The Labute approximate surface area is 73.8 Å². The van der Waals surface area contributed by atoms with E-state index in [2.05, 4.69) is 9.72 Å². The van der Waals surface area contributed by atoms with Crippen molar-refractivity contribution in [3.05, 3.63) is 17.3 Å². The zero-order valence-electron chi connectivity index (χ0n) is 6.24. The number of nitrogens with zero attached hydrogens (tertiary/aromatic N) is 1. The maximum atomic E-state index is 10.4. The Morgan fingerprint density at radius 1 is 1.75 bits per heavy atom. The van der Waals surface area contributed by atoms with Crippen molar-refractivity contribution in [2.75, 3.05) is 0 Å². The molecule has 0 atom stereocenters. The van der Waals surface area contributed by atoms with Gasteiger partial charge in [-0.25, -0.2) is 4.98 Å². The molecule has 1 aromatic heterocycles. The normalized spacial score (nSPS) is 9.50. The monoisotopic (exact) mass is 187 g/mol. The predicted octanol–water partition coefficient (Wildman–Crippen LogP) is 1.37. The molecule has 0 aliphatic carbocycles. The van der Waals surface area contributed by atoms with Crippen molar-refractivity contribution in [3.8, 4) is 11.6 Å². The Kier molecular flexibility index (Phi) is 2.50. The number of esters is 1. The molecule has 0 aromatic carbocycles. The third kappa shape index (κ3) is 2.10. The summed E-state index contributed by atoms with van der Waals surface area (Å²) in [4.78, 5) is 14.1. The highest BCUT2D eigenvalue weighted by molar-refractivity contribution is 6.31. The van der Waals surface area contributed by atoms with Crippen molar-refractivity contribution in [2.45, 2.75) is 6.92 Å². The largest absolute Gasteiger partial charge is 0.506 e. The molecule has 12 heavy (non-hydrogen) atoms. The Balaban J connectivity index is 2.89. The van der Waals surface area contributed by atoms with Crippen LogP contribution < -0.4 is 4.74 Å². The van der Waals surface area contributed by atoms with Crippen molar-refractivity contribution in [1.82, 2.24) is 4.98 Å². The van der Waals surface area contributed by atoms with Gasteiger partial charge in [0.05, 0.1) is 6.20 Å². The van der Waals surface area contributed by atoms with E-state index in [0.717, 1.165) is 0 Å². The molecule has 0 aliphatic rings. The lowest BCUT2D eigenvalue weighted by atomic mass is 10.4. The minimum absolute atomic E-state index is 0.0319. The van der Waals surface area contributed by atoms with Crippen LogP contribution in [0.1, 0.15) is 6.92 Å². The van der Waals surface area contributed by atoms with Gasteiger partial charge in [0, 0.05) is 13.0 Å². The number of aromatic hydroxyl groups is 1. The van der Waals surface area contributed by atoms with E-state index in [9.17, 15) is 4.79 Å². The lowest BCUT2D eigenvalue weighted by Crippen LogP contribution is -2.02. The molecule has 0 saturated heterocycles. The topological polar surface area (TPSA) is 59.4 Å². The van der Waals surface area contributed by atoms with E-state index in [-0.39, 0.29) is 16.7 Å². The predicted molar refractivity (Wildman–Crippen MR) is 42.2 cm³/mol. The molecule has 64 valence electrons. The molecular weight excluding hydrogens is 182 g/mol. The van der Waals surface area contributed by atoms with Crippen LogP contribution in [0.4, 0.5) is 0 Å². The number of pyridine rings is 1. The molecular formula is C7H6ClNO3. The molecule has 0 spiro atoms. The van der Waals surface area contributed by atoms with Crippen molar-refractivity contribution in [3.63, 3.8) is 0 Å². The quantitative estimate of drug-likeness (QED) is 0.675. The fourth-order valence-corrected chi connectivity index (χ4v) is 0.716. The van der Waals surface area contributed by atoms with Gasteiger partial charge in [0.15, 0.2) is 0 Å². The molecule has 4 nitrogen and oxygen atoms in total. The van der Waals surface area contributed by atoms with E-state index >= 15 is 0 Å². The van der Waals surface area contributed by atoms with E-state index in [1.165, 1.54) is 19.2 Å². The van der Waals surface area contributed by atoms with Crippen LogP contribution in [-0.4, -0.2) is 16.1 Å². The standard InChI is InChI=1S/C7H6ClNO3/c1-4(10)12-7-2-6(11)5(8)3-9-7/h2-3H,1H3,(H,9,11). The molecule has 1 aromatic rings. The molecule has 0 radical (unpaired) electrons. The number of carbonyl (C=O) groups excluding carboxylic acids is 1. The summed E-state index contributed by atoms with van der Waals surface area (Å²) in [7, 11) is 0. The van der Waals surface area contributed by atoms with Crippen molar-refractivity contribution < 1.29 is 14.6 Å². The van der Waals surface area contributed by atoms with Gasteiger partial charge in [-0.15, -0.1) is 0 Å². The second-order valence-electron chi connectivity index (χ2n) is 2.07. The van der Waals surface area contributed by atoms with Gasteiger partial charge in [0.2, 0.25) is 5.88 Å². The first-order valence-corrected chi connectivity index (χ1v) is 3.50. The molecule has 5 heteroatoms. The summed E-state index contributed by atoms with van der Waals surface area (Å²) >= 11 is 5.46. The zero-order valence-corrected chi connectivity index (χ0v) is 7.00. The van der Waals surface area contributed by atoms with Crippen molar-refractivity contribution in [2.24, 2.45) is 0 Å². The number of hydrogen-bond acceptors (Lipinski definition) is 4. The van der Waals surface area contributed by atoms with Crippen LogP contribution in [0.2, 0.25) is 5.02 Å². The van der Waals surface area contributed by atoms with Crippen LogP contribution in [0.15, 0.2) is 12.3 Å². The molecule has 1 N–H and O–H groups in total. The summed E-state index contributed by atoms with van der Waals surface area (Å²) in [5.74, 6) is -0.628. The van der Waals surface area contributed by atoms with E-state index < -0.39 is 5.97 Å². The summed E-state index contributed by atoms with van der Waals surface area (Å²) in [6.45, 7) is 1.24. The smallest absolute Gasteiger partial charge is 0.309 e. The summed E-state index contributed by atoms with van der Waals surface area (Å²) in [5, 5.41) is 9.17. The number of halogens is 1. The first-order valence-electron chi connectivity index (χ1n) is 3.12. The number of aromatic nitrogens is 1. The minimum Gasteiger partial charge on any atom is -0.506 e. The lowest BCUT2D eigenvalue weighted by Gasteiger charge is -2.00. The Morgan fingerprint density at radius 2 is 2.42 bits per heavy atom. The summed E-state index contributed by atoms with van der Waals surface area (Å²) in [6.07, 6.45) is 1.20. The van der Waals surface area contributed by atoms with Crippen LogP contribution in [0.3, 0.4) is 0 Å². The summed E-state index contributed by atoms with van der Waals surface area (Å²) < 4.78 is 4.58. The Bertz CT molecular complexity index is 314. The first kappa shape index (κ1) is 8.80. The van der Waals surface area contributed by atoms with Crippen LogP contribution in [0.25, 0.3) is 0 Å². The van der Waals surface area contributed by atoms with Gasteiger partial charge in [0.1, 0.15) is 10.8 Å². The van der Waals surface area contributed by atoms with Gasteiger partial charge in [-0.3, -0.25) is 4.79 Å². The number of hydrogen-bond donors (Lipinski definition) is 1. The number of rotatable bonds is 1. The third-order valence-corrected chi connectivity index (χ3v) is 1.35. The van der Waals surface area contributed by atoms with Crippen LogP contribution in [-0.2, 0) is 4.79 Å². The molecule has 0 saturated carbocycles. The molecule has 0 fully saturated rings. The Morgan fingerprint density at radius 3 is 2.92 bits per heavy atom. The molecule has 0 aliphatic heterocycles. The number of ether oxygens (including phenoxy) is 1. The summed E-state index contributed by atoms with van der Waals surface area (Å²) in [6, 6.07) is 1.17. The minimum atomic E-state index is -0.496. The maximum Gasteiger partial charge on any atom is 0.309 e. The van der Waals surface area contributed by atoms with Gasteiger partial charge in [-0.2, -0.15) is 0 Å². The fourth-order valence-electron chi connectivity index (χ4n) is 0.613. The van der Waals surface area contributed by atoms with Gasteiger partial charge in [0.25, 0.3) is 0 Å². The van der Waals surface area contributed by atoms with Gasteiger partial charge < -0.3 is 9.84 Å². The molecule has 0 unspecified atom stereocenters. The van der Waals surface area contributed by atoms with Crippen molar-refractivity contribution >= 4 is 17.6 Å². The average molecular weight is 188 g/mol. The molecule has 0 amide bonds. The molecule has 1 heterocycles. The highest BCUT2D eigenvalue weighted by atomic mass is 35.5. The third-order valence-electron chi connectivity index (χ3n) is 1.06. The lowest BCUT2D eigenvalue weighted by molar-refractivity contribution is -0.132. The molecule has 1 rings (SSSR count). The highest BCUT2D eigenvalue weighted by Crippen LogP contribution is 2.24. The second-order valence-corrected chi connectivity index (χ2v) is 2.47. The highest BCUT2D eigenvalue weighted by Gasteiger charge is 2.03. The van der Waals surface area contributed by atoms with Gasteiger partial charge in [-0.1, -0.05) is 11.6 Å². The van der Waals surface area contributed by atoms with E-state index in [1.54, 1.807) is 0 Å². The van der Waals surface area contributed by atoms with E-state index in [0.29, 0.717) is 0 Å². The van der Waals surface area contributed by atoms with Gasteiger partial charge >= 0.3 is 5.97 Å². The van der Waals surface area contributed by atoms with Crippen LogP contribution in [0, 0.1) is 0 Å². The van der Waals surface area contributed by atoms with Crippen LogP contribution >= 0.6 is 11.6 Å². The van der Waals surface area contributed by atoms with Crippen molar-refractivity contribution in [1.29, 1.82) is 0 Å². The summed E-state index contributed by atoms with van der Waals surface area (Å²) in [5.41, 5.74) is 0. The first-order chi connectivity index (χ1) is 5.59. The fraction of sp³-hybridized carbons (Fsp3) is 0.143. The van der Waals surface area contributed by atoms with Crippen LogP contribution in [0.5, 0.6) is 11.6 Å². The Hall–Kier alpha value is -1.29. The zero-order chi connectivity index (χ0) is 9.14.